The average Bonchev–Trinajstić information content (AvgIpc) is 2.60. The number of nitrogens with zero attached hydrogens (tertiary/aromatic N) is 2. The highest BCUT2D eigenvalue weighted by atomic mass is 16.3. The van der Waals surface area contributed by atoms with E-state index in [0.29, 0.717) is 25.2 Å². The summed E-state index contributed by atoms with van der Waals surface area (Å²) in [4.78, 5) is 29.7. The Labute approximate surface area is 162 Å². The van der Waals surface area contributed by atoms with Crippen LogP contribution >= 0.6 is 0 Å². The summed E-state index contributed by atoms with van der Waals surface area (Å²) in [6.45, 7) is 12.3. The van der Waals surface area contributed by atoms with Crippen LogP contribution in [0.4, 0.5) is 0 Å². The van der Waals surface area contributed by atoms with Gasteiger partial charge < -0.3 is 15.3 Å². The van der Waals surface area contributed by atoms with Crippen molar-refractivity contribution in [2.24, 2.45) is 5.92 Å². The largest absolute Gasteiger partial charge is 0.392 e. The van der Waals surface area contributed by atoms with E-state index >= 15 is 0 Å². The quantitative estimate of drug-likeness (QED) is 0.793. The van der Waals surface area contributed by atoms with Crippen molar-refractivity contribution in [2.75, 3.05) is 26.2 Å². The van der Waals surface area contributed by atoms with Crippen molar-refractivity contribution in [1.82, 2.24) is 15.1 Å². The summed E-state index contributed by atoms with van der Waals surface area (Å²) in [5, 5.41) is 12.5. The number of hydrogen-bond donors (Lipinski definition) is 2. The Balaban J connectivity index is 2.02. The van der Waals surface area contributed by atoms with E-state index in [-0.39, 0.29) is 29.9 Å². The third kappa shape index (κ3) is 5.78. The number of amides is 2. The zero-order valence-electron chi connectivity index (χ0n) is 17.1. The van der Waals surface area contributed by atoms with Gasteiger partial charge in [0.05, 0.1) is 6.10 Å². The van der Waals surface area contributed by atoms with Gasteiger partial charge in [-0.25, -0.2) is 0 Å². The zero-order valence-corrected chi connectivity index (χ0v) is 17.1. The van der Waals surface area contributed by atoms with Crippen LogP contribution in [0.5, 0.6) is 0 Å². The molecule has 1 heterocycles. The van der Waals surface area contributed by atoms with E-state index in [4.69, 9.17) is 0 Å². The van der Waals surface area contributed by atoms with Gasteiger partial charge in [-0.1, -0.05) is 31.5 Å². The van der Waals surface area contributed by atoms with Gasteiger partial charge in [0.25, 0.3) is 5.91 Å². The Kier molecular flexibility index (Phi) is 7.39. The molecule has 0 radical (unpaired) electrons. The van der Waals surface area contributed by atoms with Gasteiger partial charge >= 0.3 is 0 Å². The zero-order chi connectivity index (χ0) is 20.1. The molecule has 6 nitrogen and oxygen atoms in total. The van der Waals surface area contributed by atoms with Gasteiger partial charge in [0.15, 0.2) is 0 Å². The molecule has 1 saturated heterocycles. The maximum absolute atomic E-state index is 13.1. The van der Waals surface area contributed by atoms with Crippen molar-refractivity contribution in [3.05, 3.63) is 35.4 Å². The molecule has 2 N–H and O–H groups in total. The van der Waals surface area contributed by atoms with E-state index in [2.05, 4.69) is 17.1 Å². The van der Waals surface area contributed by atoms with Crippen molar-refractivity contribution in [3.63, 3.8) is 0 Å². The van der Waals surface area contributed by atoms with Gasteiger partial charge in [-0.15, -0.1) is 0 Å². The van der Waals surface area contributed by atoms with Crippen molar-refractivity contribution in [1.29, 1.82) is 0 Å². The average molecular weight is 376 g/mol. The smallest absolute Gasteiger partial charge is 0.251 e. The number of aryl methyl sites for hydroxylation is 1. The van der Waals surface area contributed by atoms with E-state index in [1.54, 1.807) is 19.1 Å². The first-order valence-electron chi connectivity index (χ1n) is 9.77. The predicted octanol–water partition coefficient (Wildman–Crippen LogP) is 1.66. The maximum Gasteiger partial charge on any atom is 0.251 e. The van der Waals surface area contributed by atoms with Crippen LogP contribution in [0.1, 0.15) is 43.6 Å². The number of rotatable bonds is 6. The first-order chi connectivity index (χ1) is 12.7. The lowest BCUT2D eigenvalue weighted by Crippen LogP contribution is -2.59. The van der Waals surface area contributed by atoms with Gasteiger partial charge in [-0.2, -0.15) is 0 Å². The number of carbonyl (C=O) groups excluding carboxylic acids is 2. The number of nitrogens with one attached hydrogen (secondary N) is 1. The van der Waals surface area contributed by atoms with Crippen molar-refractivity contribution in [3.8, 4) is 0 Å². The highest BCUT2D eigenvalue weighted by Gasteiger charge is 2.33. The van der Waals surface area contributed by atoms with Crippen molar-refractivity contribution in [2.45, 2.75) is 52.8 Å². The summed E-state index contributed by atoms with van der Waals surface area (Å²) in [6, 6.07) is 6.98. The fraction of sp³-hybridized carbons (Fsp3) is 0.619. The summed E-state index contributed by atoms with van der Waals surface area (Å²) in [5.74, 6) is -0.255. The van der Waals surface area contributed by atoms with Crippen LogP contribution in [0, 0.1) is 12.8 Å². The molecule has 1 aromatic rings. The van der Waals surface area contributed by atoms with E-state index in [0.717, 1.165) is 12.1 Å². The number of benzene rings is 1. The van der Waals surface area contributed by atoms with E-state index in [1.807, 2.05) is 37.8 Å². The molecule has 1 aliphatic rings. The Bertz CT molecular complexity index is 643. The lowest BCUT2D eigenvalue weighted by molar-refractivity contribution is -0.137. The first-order valence-corrected chi connectivity index (χ1v) is 9.77. The summed E-state index contributed by atoms with van der Waals surface area (Å²) in [5.41, 5.74) is 1.65. The molecule has 0 spiro atoms. The highest BCUT2D eigenvalue weighted by Crippen LogP contribution is 2.15. The SMILES string of the molecule is Cc1ccc(C(=O)N[C@H](C(=O)N2CCN(C[C@H](C)O)[C@@H](C)C2)C(C)C)cc1. The van der Waals surface area contributed by atoms with Crippen molar-refractivity contribution >= 4 is 11.8 Å². The number of piperazine rings is 1. The molecule has 150 valence electrons. The number of aliphatic hydroxyl groups excluding tert-OH is 1. The second-order valence-electron chi connectivity index (χ2n) is 8.04. The topological polar surface area (TPSA) is 72.9 Å². The van der Waals surface area contributed by atoms with E-state index in [1.165, 1.54) is 0 Å². The molecular weight excluding hydrogens is 342 g/mol. The molecule has 1 aliphatic heterocycles. The minimum Gasteiger partial charge on any atom is -0.392 e. The second kappa shape index (κ2) is 9.33. The molecule has 2 amide bonds. The van der Waals surface area contributed by atoms with Gasteiger partial charge in [-0.3, -0.25) is 14.5 Å². The molecule has 1 aromatic carbocycles. The molecule has 3 atom stereocenters. The Morgan fingerprint density at radius 1 is 1.19 bits per heavy atom. The fourth-order valence-electron chi connectivity index (χ4n) is 3.45. The van der Waals surface area contributed by atoms with Crippen LogP contribution < -0.4 is 5.32 Å². The van der Waals surface area contributed by atoms with Crippen LogP contribution in [-0.4, -0.2) is 71.1 Å². The van der Waals surface area contributed by atoms with Crippen LogP contribution in [0.3, 0.4) is 0 Å². The molecule has 0 saturated carbocycles. The lowest BCUT2D eigenvalue weighted by Gasteiger charge is -2.41. The lowest BCUT2D eigenvalue weighted by atomic mass is 10.0. The van der Waals surface area contributed by atoms with Crippen LogP contribution in [0.25, 0.3) is 0 Å². The molecule has 0 bridgehead atoms. The number of β-amino-alcohol motifs (C(OH)–C–C–N with tert-alkyl or cyclic N) is 1. The number of aliphatic hydroxyl groups is 1. The monoisotopic (exact) mass is 375 g/mol. The van der Waals surface area contributed by atoms with Gasteiger partial charge in [0, 0.05) is 37.8 Å². The highest BCUT2D eigenvalue weighted by molar-refractivity contribution is 5.97. The second-order valence-corrected chi connectivity index (χ2v) is 8.04. The van der Waals surface area contributed by atoms with Crippen LogP contribution in [0.15, 0.2) is 24.3 Å². The van der Waals surface area contributed by atoms with Crippen LogP contribution in [0.2, 0.25) is 0 Å². The molecule has 0 aromatic heterocycles. The molecule has 0 aliphatic carbocycles. The summed E-state index contributed by atoms with van der Waals surface area (Å²) < 4.78 is 0. The summed E-state index contributed by atoms with van der Waals surface area (Å²) >= 11 is 0. The normalized spacial score (nSPS) is 20.4. The fourth-order valence-corrected chi connectivity index (χ4v) is 3.45. The minimum absolute atomic E-state index is 0.00213. The molecular formula is C21H33N3O3. The molecule has 27 heavy (non-hydrogen) atoms. The minimum atomic E-state index is -0.547. The first kappa shape index (κ1) is 21.4. The third-order valence-electron chi connectivity index (χ3n) is 5.11. The van der Waals surface area contributed by atoms with Gasteiger partial charge in [0.1, 0.15) is 6.04 Å². The molecule has 2 rings (SSSR count). The van der Waals surface area contributed by atoms with Gasteiger partial charge in [-0.05, 0) is 38.8 Å². The maximum atomic E-state index is 13.1. The summed E-state index contributed by atoms with van der Waals surface area (Å²) in [7, 11) is 0. The molecule has 6 heteroatoms. The van der Waals surface area contributed by atoms with Crippen molar-refractivity contribution < 1.29 is 14.7 Å². The predicted molar refractivity (Wildman–Crippen MR) is 107 cm³/mol. The molecule has 0 unspecified atom stereocenters. The van der Waals surface area contributed by atoms with Crippen LogP contribution in [-0.2, 0) is 4.79 Å². The third-order valence-corrected chi connectivity index (χ3v) is 5.11. The number of hydrogen-bond acceptors (Lipinski definition) is 4. The Hall–Kier alpha value is -1.92. The van der Waals surface area contributed by atoms with E-state index in [9.17, 15) is 14.7 Å². The Morgan fingerprint density at radius 2 is 1.81 bits per heavy atom. The van der Waals surface area contributed by atoms with Gasteiger partial charge in [0.2, 0.25) is 5.91 Å². The standard InChI is InChI=1S/C21H33N3O3/c1-14(2)19(22-20(26)18-8-6-15(3)7-9-18)21(27)24-11-10-23(13-17(5)25)16(4)12-24/h6-9,14,16-17,19,25H,10-13H2,1-5H3,(H,22,26)/t16-,17-,19-/m0/s1. The number of carbonyl (C=O) groups is 2. The molecule has 1 fully saturated rings. The van der Waals surface area contributed by atoms with E-state index < -0.39 is 6.04 Å². The Morgan fingerprint density at radius 3 is 2.33 bits per heavy atom. The summed E-state index contributed by atoms with van der Waals surface area (Å²) in [6.07, 6.45) is -0.382.